The van der Waals surface area contributed by atoms with E-state index in [0.29, 0.717) is 19.4 Å². The second-order valence-electron chi connectivity index (χ2n) is 6.17. The van der Waals surface area contributed by atoms with Crippen LogP contribution in [0, 0.1) is 5.41 Å². The van der Waals surface area contributed by atoms with E-state index in [0.717, 1.165) is 12.8 Å². The van der Waals surface area contributed by atoms with Crippen molar-refractivity contribution in [1.29, 1.82) is 0 Å². The molecule has 0 saturated heterocycles. The molecule has 1 atom stereocenters. The first-order valence-corrected chi connectivity index (χ1v) is 7.53. The van der Waals surface area contributed by atoms with E-state index in [2.05, 4.69) is 5.32 Å². The second-order valence-corrected chi connectivity index (χ2v) is 6.17. The van der Waals surface area contributed by atoms with Crippen molar-refractivity contribution in [2.45, 2.75) is 71.5 Å². The fourth-order valence-electron chi connectivity index (χ4n) is 2.32. The highest BCUT2D eigenvalue weighted by atomic mass is 16.5. The number of carboxylic acid groups (broad SMARTS) is 1. The zero-order valence-electron chi connectivity index (χ0n) is 12.8. The minimum absolute atomic E-state index is 0.124. The van der Waals surface area contributed by atoms with Gasteiger partial charge in [-0.05, 0) is 39.5 Å². The molecule has 20 heavy (non-hydrogen) atoms. The van der Waals surface area contributed by atoms with E-state index >= 15 is 0 Å². The Hall–Kier alpha value is -1.10. The maximum atomic E-state index is 12.0. The number of amides is 1. The van der Waals surface area contributed by atoms with Gasteiger partial charge >= 0.3 is 5.97 Å². The quantitative estimate of drug-likeness (QED) is 0.717. The van der Waals surface area contributed by atoms with Crippen LogP contribution >= 0.6 is 0 Å². The van der Waals surface area contributed by atoms with Crippen molar-refractivity contribution >= 4 is 11.9 Å². The topological polar surface area (TPSA) is 75.6 Å². The van der Waals surface area contributed by atoms with Crippen LogP contribution in [0.5, 0.6) is 0 Å². The summed E-state index contributed by atoms with van der Waals surface area (Å²) < 4.78 is 5.82. The predicted molar refractivity (Wildman–Crippen MR) is 76.5 cm³/mol. The molecule has 1 amide bonds. The largest absolute Gasteiger partial charge is 0.481 e. The van der Waals surface area contributed by atoms with E-state index in [1.165, 1.54) is 12.8 Å². The molecule has 0 bridgehead atoms. The number of aliphatic carboxylic acids is 1. The van der Waals surface area contributed by atoms with Gasteiger partial charge in [0.15, 0.2) is 0 Å². The fraction of sp³-hybridized carbons (Fsp3) is 0.867. The lowest BCUT2D eigenvalue weighted by atomic mass is 9.90. The molecule has 5 heteroatoms. The lowest BCUT2D eigenvalue weighted by Gasteiger charge is -2.22. The van der Waals surface area contributed by atoms with E-state index in [4.69, 9.17) is 9.84 Å². The van der Waals surface area contributed by atoms with E-state index < -0.39 is 17.5 Å². The number of hydrogen-bond donors (Lipinski definition) is 2. The van der Waals surface area contributed by atoms with Crippen LogP contribution in [-0.2, 0) is 14.3 Å². The summed E-state index contributed by atoms with van der Waals surface area (Å²) in [6.07, 6.45) is 5.28. The maximum Gasteiger partial charge on any atom is 0.309 e. The normalized spacial score (nSPS) is 17.9. The van der Waals surface area contributed by atoms with E-state index in [9.17, 15) is 9.59 Å². The second kappa shape index (κ2) is 7.62. The molecule has 5 nitrogen and oxygen atoms in total. The average Bonchev–Trinajstić information content (AvgIpc) is 2.88. The Bertz CT molecular complexity index is 335. The highest BCUT2D eigenvalue weighted by molar-refractivity contribution is 5.80. The van der Waals surface area contributed by atoms with Gasteiger partial charge in [0.1, 0.15) is 6.10 Å². The van der Waals surface area contributed by atoms with Crippen LogP contribution in [0.4, 0.5) is 0 Å². The molecule has 0 aromatic heterocycles. The smallest absolute Gasteiger partial charge is 0.309 e. The molecule has 0 radical (unpaired) electrons. The summed E-state index contributed by atoms with van der Waals surface area (Å²) in [5.74, 6) is -0.971. The molecule has 0 aliphatic heterocycles. The van der Waals surface area contributed by atoms with Gasteiger partial charge in [0.2, 0.25) is 5.91 Å². The molecular weight excluding hydrogens is 258 g/mol. The molecule has 1 rings (SSSR count). The number of nitrogens with one attached hydrogen (secondary N) is 1. The summed E-state index contributed by atoms with van der Waals surface area (Å²) >= 11 is 0. The number of carbonyl (C=O) groups excluding carboxylic acids is 1. The molecule has 0 aromatic carbocycles. The van der Waals surface area contributed by atoms with E-state index in [1.807, 2.05) is 6.92 Å². The molecule has 1 unspecified atom stereocenters. The number of ether oxygens (including phenoxy) is 1. The summed E-state index contributed by atoms with van der Waals surface area (Å²) in [5.41, 5.74) is -0.818. The Morgan fingerprint density at radius 2 is 1.95 bits per heavy atom. The molecule has 1 fully saturated rings. The van der Waals surface area contributed by atoms with Crippen LogP contribution < -0.4 is 5.32 Å². The summed E-state index contributed by atoms with van der Waals surface area (Å²) in [6, 6.07) is 0. The third-order valence-corrected chi connectivity index (χ3v) is 3.95. The molecule has 1 saturated carbocycles. The van der Waals surface area contributed by atoms with Crippen LogP contribution in [0.2, 0.25) is 0 Å². The number of carboxylic acids is 1. The van der Waals surface area contributed by atoms with Gasteiger partial charge in [0.05, 0.1) is 11.5 Å². The summed E-state index contributed by atoms with van der Waals surface area (Å²) in [6.45, 7) is 5.62. The molecule has 116 valence electrons. The Balaban J connectivity index is 2.33. The zero-order valence-corrected chi connectivity index (χ0v) is 12.8. The Kier molecular flexibility index (Phi) is 6.46. The third-order valence-electron chi connectivity index (χ3n) is 3.95. The summed E-state index contributed by atoms with van der Waals surface area (Å²) in [5, 5.41) is 11.8. The van der Waals surface area contributed by atoms with E-state index in [-0.39, 0.29) is 12.0 Å². The van der Waals surface area contributed by atoms with Gasteiger partial charge in [-0.15, -0.1) is 0 Å². The maximum absolute atomic E-state index is 12.0. The predicted octanol–water partition coefficient (Wildman–Crippen LogP) is 2.34. The lowest BCUT2D eigenvalue weighted by Crippen LogP contribution is -2.40. The standard InChI is InChI=1S/C15H27NO4/c1-4-12(20-11-7-5-6-8-11)13(17)16-10-9-15(2,3)14(18)19/h11-12H,4-10H2,1-3H3,(H,16,17)(H,18,19). The molecule has 0 aromatic rings. The lowest BCUT2D eigenvalue weighted by molar-refractivity contribution is -0.147. The van der Waals surface area contributed by atoms with Gasteiger partial charge in [0, 0.05) is 6.54 Å². The molecule has 2 N–H and O–H groups in total. The van der Waals surface area contributed by atoms with Crippen LogP contribution in [0.3, 0.4) is 0 Å². The number of hydrogen-bond acceptors (Lipinski definition) is 3. The highest BCUT2D eigenvalue weighted by Gasteiger charge is 2.28. The van der Waals surface area contributed by atoms with Gasteiger partial charge in [-0.2, -0.15) is 0 Å². The SMILES string of the molecule is CCC(OC1CCCC1)C(=O)NCCC(C)(C)C(=O)O. The molecule has 1 aliphatic carbocycles. The van der Waals surface area contributed by atoms with Gasteiger partial charge < -0.3 is 15.2 Å². The van der Waals surface area contributed by atoms with Gasteiger partial charge in [-0.1, -0.05) is 19.8 Å². The van der Waals surface area contributed by atoms with Gasteiger partial charge in [-0.25, -0.2) is 0 Å². The van der Waals surface area contributed by atoms with Crippen molar-refractivity contribution in [2.24, 2.45) is 5.41 Å². The fourth-order valence-corrected chi connectivity index (χ4v) is 2.32. The number of carbonyl (C=O) groups is 2. The molecular formula is C15H27NO4. The average molecular weight is 285 g/mol. The molecule has 0 heterocycles. The number of rotatable bonds is 8. The third kappa shape index (κ3) is 5.12. The first kappa shape index (κ1) is 17.0. The Morgan fingerprint density at radius 1 is 1.35 bits per heavy atom. The minimum atomic E-state index is -0.846. The molecule has 0 spiro atoms. The van der Waals surface area contributed by atoms with Crippen LogP contribution in [0.1, 0.15) is 59.3 Å². The van der Waals surface area contributed by atoms with Crippen molar-refractivity contribution in [2.75, 3.05) is 6.54 Å². The van der Waals surface area contributed by atoms with E-state index in [1.54, 1.807) is 13.8 Å². The van der Waals surface area contributed by atoms with Crippen LogP contribution in [-0.4, -0.2) is 35.7 Å². The first-order valence-electron chi connectivity index (χ1n) is 7.53. The van der Waals surface area contributed by atoms with Crippen molar-refractivity contribution in [3.63, 3.8) is 0 Å². The van der Waals surface area contributed by atoms with Crippen molar-refractivity contribution in [3.05, 3.63) is 0 Å². The highest BCUT2D eigenvalue weighted by Crippen LogP contribution is 2.23. The van der Waals surface area contributed by atoms with Crippen LogP contribution in [0.15, 0.2) is 0 Å². The Labute approximate surface area is 121 Å². The van der Waals surface area contributed by atoms with Crippen molar-refractivity contribution in [3.8, 4) is 0 Å². The minimum Gasteiger partial charge on any atom is -0.481 e. The Morgan fingerprint density at radius 3 is 2.45 bits per heavy atom. The van der Waals surface area contributed by atoms with Gasteiger partial charge in [0.25, 0.3) is 0 Å². The van der Waals surface area contributed by atoms with Crippen molar-refractivity contribution in [1.82, 2.24) is 5.32 Å². The summed E-state index contributed by atoms with van der Waals surface area (Å²) in [7, 11) is 0. The van der Waals surface area contributed by atoms with Crippen LogP contribution in [0.25, 0.3) is 0 Å². The van der Waals surface area contributed by atoms with Crippen molar-refractivity contribution < 1.29 is 19.4 Å². The monoisotopic (exact) mass is 285 g/mol. The summed E-state index contributed by atoms with van der Waals surface area (Å²) in [4.78, 5) is 23.0. The first-order chi connectivity index (χ1) is 9.36. The molecule has 1 aliphatic rings. The zero-order chi connectivity index (χ0) is 15.2. The van der Waals surface area contributed by atoms with Gasteiger partial charge in [-0.3, -0.25) is 9.59 Å².